The number of hydrogen-bond acceptors (Lipinski definition) is 2. The Balaban J connectivity index is 0.933. The largest absolute Gasteiger partial charge is 0.455 e. The van der Waals surface area contributed by atoms with Gasteiger partial charge in [0.25, 0.3) is 0 Å². The third-order valence-electron chi connectivity index (χ3n) is 13.3. The minimum absolute atomic E-state index is 0.542. The van der Waals surface area contributed by atoms with E-state index in [1.807, 2.05) is 12.1 Å². The van der Waals surface area contributed by atoms with Crippen molar-refractivity contribution in [3.63, 3.8) is 0 Å². The Labute approximate surface area is 344 Å². The molecule has 1 spiro atoms. The lowest BCUT2D eigenvalue weighted by atomic mass is 9.72. The number of nitrogens with zero attached hydrogens (tertiary/aromatic N) is 3. The Morgan fingerprint density at radius 1 is 0.400 bits per heavy atom. The lowest BCUT2D eigenvalue weighted by Gasteiger charge is -2.27. The highest BCUT2D eigenvalue weighted by Gasteiger charge is 2.54. The van der Waals surface area contributed by atoms with Crippen molar-refractivity contribution in [1.82, 2.24) is 14.1 Å². The van der Waals surface area contributed by atoms with Gasteiger partial charge in [0.15, 0.2) is 0 Å². The number of aromatic nitrogens is 3. The molecule has 4 heteroatoms. The number of fused-ring (bicyclic) bond motifs is 18. The number of imidazole rings is 1. The maximum atomic E-state index is 6.41. The molecule has 0 N–H and O–H groups in total. The van der Waals surface area contributed by atoms with Crippen molar-refractivity contribution < 1.29 is 4.42 Å². The molecular weight excluding hydrogens is 731 g/mol. The van der Waals surface area contributed by atoms with Crippen LogP contribution in [-0.2, 0) is 5.41 Å². The van der Waals surface area contributed by atoms with Crippen LogP contribution in [0.1, 0.15) is 22.5 Å². The molecule has 4 nitrogen and oxygen atoms in total. The zero-order valence-corrected chi connectivity index (χ0v) is 32.3. The highest BCUT2D eigenvalue weighted by atomic mass is 16.3. The van der Waals surface area contributed by atoms with Crippen molar-refractivity contribution >= 4 is 54.8 Å². The molecule has 0 radical (unpaired) electrons. The Bertz CT molecular complexity index is 3740. The van der Waals surface area contributed by atoms with Gasteiger partial charge in [-0.05, 0) is 105 Å². The van der Waals surface area contributed by atoms with E-state index >= 15 is 0 Å². The summed E-state index contributed by atoms with van der Waals surface area (Å²) in [7, 11) is 0. The van der Waals surface area contributed by atoms with E-state index in [-0.39, 0.29) is 0 Å². The van der Waals surface area contributed by atoms with Crippen LogP contribution in [0.4, 0.5) is 0 Å². The van der Waals surface area contributed by atoms with Crippen LogP contribution in [0.15, 0.2) is 205 Å². The van der Waals surface area contributed by atoms with E-state index in [1.165, 1.54) is 66.4 Å². The van der Waals surface area contributed by atoms with Gasteiger partial charge in [0.2, 0.25) is 0 Å². The molecule has 60 heavy (non-hydrogen) atoms. The number of rotatable bonds is 3. The van der Waals surface area contributed by atoms with Crippen molar-refractivity contribution in [1.29, 1.82) is 0 Å². The average molecular weight is 764 g/mol. The van der Waals surface area contributed by atoms with Gasteiger partial charge in [0.1, 0.15) is 22.4 Å². The zero-order valence-electron chi connectivity index (χ0n) is 32.3. The van der Waals surface area contributed by atoms with Crippen molar-refractivity contribution in [2.24, 2.45) is 0 Å². The first-order valence-corrected chi connectivity index (χ1v) is 20.6. The summed E-state index contributed by atoms with van der Waals surface area (Å²) in [5, 5.41) is 4.74. The minimum Gasteiger partial charge on any atom is -0.455 e. The molecule has 278 valence electrons. The summed E-state index contributed by atoms with van der Waals surface area (Å²) in [6.07, 6.45) is 0. The van der Waals surface area contributed by atoms with Gasteiger partial charge >= 0.3 is 0 Å². The van der Waals surface area contributed by atoms with E-state index < -0.39 is 5.41 Å². The Hall–Kier alpha value is -7.95. The van der Waals surface area contributed by atoms with Crippen LogP contribution in [-0.4, -0.2) is 14.1 Å². The van der Waals surface area contributed by atoms with Gasteiger partial charge < -0.3 is 8.98 Å². The van der Waals surface area contributed by atoms with Crippen LogP contribution in [0.3, 0.4) is 0 Å². The van der Waals surface area contributed by atoms with Gasteiger partial charge in [0, 0.05) is 32.8 Å². The maximum absolute atomic E-state index is 6.41. The molecule has 1 aliphatic heterocycles. The van der Waals surface area contributed by atoms with E-state index in [2.05, 4.69) is 197 Å². The molecule has 0 unspecified atom stereocenters. The molecule has 0 amide bonds. The van der Waals surface area contributed by atoms with Crippen LogP contribution in [0.5, 0.6) is 0 Å². The zero-order chi connectivity index (χ0) is 39.1. The fourth-order valence-electron chi connectivity index (χ4n) is 10.8. The Morgan fingerprint density at radius 3 is 1.85 bits per heavy atom. The van der Waals surface area contributed by atoms with E-state index in [1.54, 1.807) is 0 Å². The summed E-state index contributed by atoms with van der Waals surface area (Å²) >= 11 is 0. The van der Waals surface area contributed by atoms with Gasteiger partial charge in [-0.25, -0.2) is 4.98 Å². The average Bonchev–Trinajstić information content (AvgIpc) is 4.10. The molecule has 0 saturated heterocycles. The van der Waals surface area contributed by atoms with Crippen LogP contribution in [0.25, 0.3) is 99.5 Å². The summed E-state index contributed by atoms with van der Waals surface area (Å²) < 4.78 is 11.2. The quantitative estimate of drug-likeness (QED) is 0.180. The van der Waals surface area contributed by atoms with Crippen molar-refractivity contribution in [3.05, 3.63) is 223 Å². The van der Waals surface area contributed by atoms with Gasteiger partial charge in [-0.15, -0.1) is 0 Å². The Morgan fingerprint density at radius 2 is 1.02 bits per heavy atom. The first kappa shape index (κ1) is 32.1. The second-order valence-corrected chi connectivity index (χ2v) is 16.2. The number of benzene rings is 9. The number of hydrogen-bond donors (Lipinski definition) is 0. The Kier molecular flexibility index (Phi) is 6.19. The molecule has 12 aromatic rings. The molecule has 3 aromatic heterocycles. The second kappa shape index (κ2) is 11.6. The standard InChI is InChI=1S/C56H33N3O/c1-5-18-45-39(12-1)40-13-2-6-19-46(40)56(45)47-33-36(27-31-51(47)59-52-22-9-7-20-48(52)57-55(56)59)35-26-30-50-44(32-35)41-14-3-8-21-49(41)58(50)37-28-24-34(25-29-37)38-16-11-17-43-42-15-4-10-23-53(42)60-54(38)43/h1-33H. The molecule has 0 fully saturated rings. The third kappa shape index (κ3) is 4.02. The topological polar surface area (TPSA) is 35.9 Å². The summed E-state index contributed by atoms with van der Waals surface area (Å²) in [6.45, 7) is 0. The first-order chi connectivity index (χ1) is 29.8. The summed E-state index contributed by atoms with van der Waals surface area (Å²) in [5.41, 5.74) is 19.1. The van der Waals surface area contributed by atoms with E-state index in [4.69, 9.17) is 9.40 Å². The highest BCUT2D eigenvalue weighted by molar-refractivity contribution is 6.11. The van der Waals surface area contributed by atoms with Gasteiger partial charge in [-0.2, -0.15) is 0 Å². The summed E-state index contributed by atoms with van der Waals surface area (Å²) in [5.74, 6) is 1.06. The van der Waals surface area contributed by atoms with E-state index in [0.29, 0.717) is 0 Å². The van der Waals surface area contributed by atoms with E-state index in [0.717, 1.165) is 55.6 Å². The normalized spacial score (nSPS) is 13.5. The van der Waals surface area contributed by atoms with Gasteiger partial charge in [0.05, 0.1) is 27.8 Å². The SMILES string of the molecule is c1ccc2c(c1)-c1ccccc1C21c2cc(-c3ccc4c(c3)c3ccccc3n4-c3ccc(-c4cccc5c4oc4ccccc45)cc3)ccc2-n2c1nc1ccccc12. The van der Waals surface area contributed by atoms with Crippen molar-refractivity contribution in [3.8, 4) is 44.8 Å². The number of furan rings is 1. The van der Waals surface area contributed by atoms with Crippen LogP contribution >= 0.6 is 0 Å². The monoisotopic (exact) mass is 763 g/mol. The molecule has 2 aliphatic rings. The van der Waals surface area contributed by atoms with Crippen LogP contribution in [0, 0.1) is 0 Å². The van der Waals surface area contributed by atoms with Crippen molar-refractivity contribution in [2.75, 3.05) is 0 Å². The molecule has 14 rings (SSSR count). The smallest absolute Gasteiger partial charge is 0.143 e. The molecule has 0 bridgehead atoms. The molecule has 9 aromatic carbocycles. The number of para-hydroxylation sites is 5. The molecule has 4 heterocycles. The molecule has 0 saturated carbocycles. The highest BCUT2D eigenvalue weighted by Crippen LogP contribution is 2.60. The second-order valence-electron chi connectivity index (χ2n) is 16.2. The first-order valence-electron chi connectivity index (χ1n) is 20.6. The fraction of sp³-hybridized carbons (Fsp3) is 0.0179. The lowest BCUT2D eigenvalue weighted by molar-refractivity contribution is 0.670. The molecule has 0 atom stereocenters. The third-order valence-corrected chi connectivity index (χ3v) is 13.3. The minimum atomic E-state index is -0.542. The van der Waals surface area contributed by atoms with Crippen molar-refractivity contribution in [2.45, 2.75) is 5.41 Å². The predicted molar refractivity (Wildman–Crippen MR) is 244 cm³/mol. The maximum Gasteiger partial charge on any atom is 0.143 e. The molecule has 1 aliphatic carbocycles. The molecular formula is C56H33N3O. The van der Waals surface area contributed by atoms with Gasteiger partial charge in [-0.3, -0.25) is 4.57 Å². The fourth-order valence-corrected chi connectivity index (χ4v) is 10.8. The van der Waals surface area contributed by atoms with Crippen LogP contribution in [0.2, 0.25) is 0 Å². The summed E-state index contributed by atoms with van der Waals surface area (Å²) in [4.78, 5) is 5.45. The van der Waals surface area contributed by atoms with E-state index in [9.17, 15) is 0 Å². The summed E-state index contributed by atoms with van der Waals surface area (Å²) in [6, 6.07) is 72.8. The van der Waals surface area contributed by atoms with Gasteiger partial charge in [-0.1, -0.05) is 140 Å². The predicted octanol–water partition coefficient (Wildman–Crippen LogP) is 14.0. The lowest BCUT2D eigenvalue weighted by Crippen LogP contribution is -2.27. The van der Waals surface area contributed by atoms with Crippen LogP contribution < -0.4 is 0 Å².